The van der Waals surface area contributed by atoms with Crippen LogP contribution < -0.4 is 9.46 Å². The van der Waals surface area contributed by atoms with E-state index < -0.39 is 21.8 Å². The van der Waals surface area contributed by atoms with E-state index in [0.29, 0.717) is 21.2 Å². The molecule has 0 saturated carbocycles. The second kappa shape index (κ2) is 9.25. The van der Waals surface area contributed by atoms with E-state index in [1.54, 1.807) is 13.0 Å². The Morgan fingerprint density at radius 3 is 2.35 bits per heavy atom. The first-order chi connectivity index (χ1) is 14.7. The van der Waals surface area contributed by atoms with Crippen LogP contribution >= 0.6 is 11.8 Å². The number of rotatable bonds is 7. The van der Waals surface area contributed by atoms with Crippen molar-refractivity contribution in [3.8, 4) is 17.0 Å². The zero-order valence-corrected chi connectivity index (χ0v) is 18.1. The van der Waals surface area contributed by atoms with Gasteiger partial charge in [0.05, 0.1) is 12.7 Å². The van der Waals surface area contributed by atoms with E-state index >= 15 is 0 Å². The molecule has 0 fully saturated rings. The van der Waals surface area contributed by atoms with Crippen molar-refractivity contribution in [2.75, 3.05) is 13.7 Å². The summed E-state index contributed by atoms with van der Waals surface area (Å²) in [7, 11) is -2.44. The van der Waals surface area contributed by atoms with Crippen LogP contribution in [0.5, 0.6) is 5.75 Å². The highest BCUT2D eigenvalue weighted by Crippen LogP contribution is 2.37. The molecule has 0 amide bonds. The Labute approximate surface area is 181 Å². The van der Waals surface area contributed by atoms with E-state index in [9.17, 15) is 21.6 Å². The average Bonchev–Trinajstić information content (AvgIpc) is 2.73. The zero-order chi connectivity index (χ0) is 22.6. The number of benzene rings is 2. The smallest absolute Gasteiger partial charge is 0.416 e. The quantitative estimate of drug-likeness (QED) is 0.544. The maximum absolute atomic E-state index is 12.8. The maximum atomic E-state index is 12.8. The number of nitrogens with one attached hydrogen (secondary N) is 1. The van der Waals surface area contributed by atoms with Gasteiger partial charge in [0, 0.05) is 29.4 Å². The average molecular weight is 470 g/mol. The molecular formula is C20H18F3N3O3S2. The number of sulfonamides is 1. The predicted octanol–water partition coefficient (Wildman–Crippen LogP) is 4.62. The lowest BCUT2D eigenvalue weighted by molar-refractivity contribution is -0.137. The van der Waals surface area contributed by atoms with Gasteiger partial charge in [0.2, 0.25) is 10.0 Å². The summed E-state index contributed by atoms with van der Waals surface area (Å²) in [5.41, 5.74) is 0.118. The second-order valence-electron chi connectivity index (χ2n) is 6.20. The van der Waals surface area contributed by atoms with E-state index in [4.69, 9.17) is 4.74 Å². The van der Waals surface area contributed by atoms with Crippen LogP contribution in [0.4, 0.5) is 13.2 Å². The SMILES string of the molecule is CCNS(=O)(=O)c1cc(-c2nccnc2Sc2ccc(C(F)(F)F)cc2)ccc1OC. The van der Waals surface area contributed by atoms with Crippen LogP contribution in [-0.2, 0) is 16.2 Å². The zero-order valence-electron chi connectivity index (χ0n) is 16.5. The van der Waals surface area contributed by atoms with Gasteiger partial charge in [-0.15, -0.1) is 0 Å². The van der Waals surface area contributed by atoms with Gasteiger partial charge in [0.1, 0.15) is 21.4 Å². The van der Waals surface area contributed by atoms with Gasteiger partial charge in [-0.1, -0.05) is 18.7 Å². The highest BCUT2D eigenvalue weighted by atomic mass is 32.2. The van der Waals surface area contributed by atoms with Gasteiger partial charge >= 0.3 is 6.18 Å². The normalized spacial score (nSPS) is 12.0. The van der Waals surface area contributed by atoms with E-state index in [1.165, 1.54) is 43.8 Å². The molecule has 0 saturated heterocycles. The Kier molecular flexibility index (Phi) is 6.87. The van der Waals surface area contributed by atoms with E-state index in [2.05, 4.69) is 14.7 Å². The minimum absolute atomic E-state index is 0.0505. The topological polar surface area (TPSA) is 81.2 Å². The van der Waals surface area contributed by atoms with Gasteiger partial charge < -0.3 is 4.74 Å². The monoisotopic (exact) mass is 469 g/mol. The largest absolute Gasteiger partial charge is 0.495 e. The minimum atomic E-state index is -4.42. The number of ether oxygens (including phenoxy) is 1. The molecule has 0 atom stereocenters. The maximum Gasteiger partial charge on any atom is 0.416 e. The van der Waals surface area contributed by atoms with Crippen molar-refractivity contribution in [3.05, 3.63) is 60.4 Å². The van der Waals surface area contributed by atoms with Crippen molar-refractivity contribution in [1.29, 1.82) is 0 Å². The number of aromatic nitrogens is 2. The van der Waals surface area contributed by atoms with E-state index in [-0.39, 0.29) is 17.2 Å². The molecular weight excluding hydrogens is 451 g/mol. The summed E-state index contributed by atoms with van der Waals surface area (Å²) < 4.78 is 71.1. The highest BCUT2D eigenvalue weighted by Gasteiger charge is 2.30. The van der Waals surface area contributed by atoms with Crippen molar-refractivity contribution in [3.63, 3.8) is 0 Å². The summed E-state index contributed by atoms with van der Waals surface area (Å²) in [6.45, 7) is 1.87. The number of alkyl halides is 3. The first-order valence-electron chi connectivity index (χ1n) is 9.00. The molecule has 3 rings (SSSR count). The summed E-state index contributed by atoms with van der Waals surface area (Å²) in [5, 5.41) is 0.416. The molecule has 0 unspecified atom stereocenters. The molecule has 1 heterocycles. The standard InChI is InChI=1S/C20H18F3N3O3S2/c1-3-26-31(27,28)17-12-13(4-9-16(17)29-2)18-19(25-11-10-24-18)30-15-7-5-14(6-8-15)20(21,22)23/h4-12,26H,3H2,1-2H3. The number of methoxy groups -OCH3 is 1. The fourth-order valence-electron chi connectivity index (χ4n) is 2.72. The van der Waals surface area contributed by atoms with Gasteiger partial charge in [-0.2, -0.15) is 13.2 Å². The van der Waals surface area contributed by atoms with Crippen LogP contribution in [-0.4, -0.2) is 32.0 Å². The lowest BCUT2D eigenvalue weighted by Gasteiger charge is -2.13. The van der Waals surface area contributed by atoms with Crippen LogP contribution in [0.15, 0.2) is 69.7 Å². The molecule has 0 radical (unpaired) electrons. The van der Waals surface area contributed by atoms with Crippen molar-refractivity contribution >= 4 is 21.8 Å². The molecule has 0 spiro atoms. The van der Waals surface area contributed by atoms with Crippen LogP contribution in [0, 0.1) is 0 Å². The molecule has 2 aromatic carbocycles. The molecule has 0 aliphatic rings. The molecule has 1 aromatic heterocycles. The van der Waals surface area contributed by atoms with Crippen LogP contribution in [0.25, 0.3) is 11.3 Å². The molecule has 164 valence electrons. The number of hydrogen-bond acceptors (Lipinski definition) is 6. The Hall–Kier alpha value is -2.63. The summed E-state index contributed by atoms with van der Waals surface area (Å²) in [5.74, 6) is 0.172. The number of halogens is 3. The third-order valence-corrected chi connectivity index (χ3v) is 6.69. The summed E-state index contributed by atoms with van der Waals surface area (Å²) in [4.78, 5) is 9.06. The van der Waals surface area contributed by atoms with Crippen LogP contribution in [0.2, 0.25) is 0 Å². The molecule has 3 aromatic rings. The highest BCUT2D eigenvalue weighted by molar-refractivity contribution is 7.99. The molecule has 31 heavy (non-hydrogen) atoms. The van der Waals surface area contributed by atoms with Crippen molar-refractivity contribution < 1.29 is 26.3 Å². The molecule has 0 bridgehead atoms. The Balaban J connectivity index is 2.00. The molecule has 6 nitrogen and oxygen atoms in total. The van der Waals surface area contributed by atoms with Crippen LogP contribution in [0.1, 0.15) is 12.5 Å². The summed E-state index contributed by atoms with van der Waals surface area (Å²) in [6.07, 6.45) is -1.51. The van der Waals surface area contributed by atoms with Gasteiger partial charge in [-0.05, 0) is 42.5 Å². The number of nitrogens with zero attached hydrogens (tertiary/aromatic N) is 2. The Morgan fingerprint density at radius 1 is 1.06 bits per heavy atom. The Morgan fingerprint density at radius 2 is 1.74 bits per heavy atom. The lowest BCUT2D eigenvalue weighted by Crippen LogP contribution is -2.23. The van der Waals surface area contributed by atoms with Gasteiger partial charge in [-0.3, -0.25) is 4.98 Å². The Bertz CT molecular complexity index is 1170. The fourth-order valence-corrected chi connectivity index (χ4v) is 4.83. The van der Waals surface area contributed by atoms with Gasteiger partial charge in [0.15, 0.2) is 0 Å². The van der Waals surface area contributed by atoms with Crippen LogP contribution in [0.3, 0.4) is 0 Å². The van der Waals surface area contributed by atoms with Crippen molar-refractivity contribution in [2.45, 2.75) is 27.9 Å². The first kappa shape index (κ1) is 23.0. The van der Waals surface area contributed by atoms with E-state index in [0.717, 1.165) is 23.9 Å². The van der Waals surface area contributed by atoms with E-state index in [1.807, 2.05) is 0 Å². The summed E-state index contributed by atoms with van der Waals surface area (Å²) in [6, 6.07) is 9.27. The van der Waals surface area contributed by atoms with Gasteiger partial charge in [0.25, 0.3) is 0 Å². The molecule has 11 heteroatoms. The fraction of sp³-hybridized carbons (Fsp3) is 0.200. The second-order valence-corrected chi connectivity index (χ2v) is 9.00. The predicted molar refractivity (Wildman–Crippen MR) is 110 cm³/mol. The van der Waals surface area contributed by atoms with Crippen molar-refractivity contribution in [2.24, 2.45) is 0 Å². The molecule has 0 aliphatic carbocycles. The van der Waals surface area contributed by atoms with Gasteiger partial charge in [-0.25, -0.2) is 18.1 Å². The summed E-state index contributed by atoms with van der Waals surface area (Å²) >= 11 is 1.12. The molecule has 0 aliphatic heterocycles. The third kappa shape index (κ3) is 5.35. The first-order valence-corrected chi connectivity index (χ1v) is 11.3. The van der Waals surface area contributed by atoms with Crippen molar-refractivity contribution in [1.82, 2.24) is 14.7 Å². The number of hydrogen-bond donors (Lipinski definition) is 1. The lowest BCUT2D eigenvalue weighted by atomic mass is 10.1. The minimum Gasteiger partial charge on any atom is -0.495 e. The molecule has 1 N–H and O–H groups in total. The third-order valence-electron chi connectivity index (χ3n) is 4.12.